The third kappa shape index (κ3) is 5.90. The van der Waals surface area contributed by atoms with Crippen molar-refractivity contribution in [2.24, 2.45) is 0 Å². The number of hydrogen-bond acceptors (Lipinski definition) is 4. The second-order valence-corrected chi connectivity index (χ2v) is 7.02. The lowest BCUT2D eigenvalue weighted by Gasteiger charge is -2.33. The number of hydrogen-bond donors (Lipinski definition) is 2. The SMILES string of the molecule is Cc1ccccc1C(=O)NCC(=O)NCC1CN(Cc2ccccc2)CCO1. The van der Waals surface area contributed by atoms with Gasteiger partial charge in [0.25, 0.3) is 5.91 Å². The minimum Gasteiger partial charge on any atom is -0.374 e. The molecule has 28 heavy (non-hydrogen) atoms. The molecular weight excluding hydrogens is 354 g/mol. The van der Waals surface area contributed by atoms with Gasteiger partial charge in [-0.15, -0.1) is 0 Å². The zero-order valence-electron chi connectivity index (χ0n) is 16.2. The molecule has 148 valence electrons. The number of aryl methyl sites for hydroxylation is 1. The van der Waals surface area contributed by atoms with Gasteiger partial charge in [0.1, 0.15) is 0 Å². The Balaban J connectivity index is 1.39. The molecule has 1 aliphatic rings. The van der Waals surface area contributed by atoms with E-state index in [4.69, 9.17) is 4.74 Å². The van der Waals surface area contributed by atoms with Crippen LogP contribution in [0.15, 0.2) is 54.6 Å². The van der Waals surface area contributed by atoms with Gasteiger partial charge in [0.2, 0.25) is 5.91 Å². The Morgan fingerprint density at radius 1 is 1.07 bits per heavy atom. The van der Waals surface area contributed by atoms with Gasteiger partial charge in [0, 0.05) is 31.7 Å². The molecule has 1 saturated heterocycles. The first-order chi connectivity index (χ1) is 13.6. The van der Waals surface area contributed by atoms with Crippen molar-refractivity contribution in [1.82, 2.24) is 15.5 Å². The number of nitrogens with one attached hydrogen (secondary N) is 2. The highest BCUT2D eigenvalue weighted by molar-refractivity contribution is 5.97. The summed E-state index contributed by atoms with van der Waals surface area (Å²) >= 11 is 0. The van der Waals surface area contributed by atoms with Gasteiger partial charge in [0.05, 0.1) is 19.3 Å². The maximum absolute atomic E-state index is 12.2. The number of nitrogens with zero attached hydrogens (tertiary/aromatic N) is 1. The first-order valence-electron chi connectivity index (χ1n) is 9.60. The summed E-state index contributed by atoms with van der Waals surface area (Å²) in [5.74, 6) is -0.457. The average Bonchev–Trinajstić information content (AvgIpc) is 2.72. The quantitative estimate of drug-likeness (QED) is 0.767. The number of benzene rings is 2. The first-order valence-corrected chi connectivity index (χ1v) is 9.60. The molecule has 3 rings (SSSR count). The highest BCUT2D eigenvalue weighted by Crippen LogP contribution is 2.10. The number of ether oxygens (including phenoxy) is 1. The molecule has 6 heteroatoms. The molecule has 6 nitrogen and oxygen atoms in total. The number of morpholine rings is 1. The Labute approximate surface area is 165 Å². The number of carbonyl (C=O) groups excluding carboxylic acids is 2. The van der Waals surface area contributed by atoms with Crippen LogP contribution in [-0.4, -0.2) is 55.6 Å². The molecule has 2 amide bonds. The molecule has 1 fully saturated rings. The van der Waals surface area contributed by atoms with Gasteiger partial charge in [-0.05, 0) is 24.1 Å². The van der Waals surface area contributed by atoms with Crippen molar-refractivity contribution >= 4 is 11.8 Å². The molecule has 1 unspecified atom stereocenters. The molecule has 0 saturated carbocycles. The van der Waals surface area contributed by atoms with Crippen LogP contribution in [0.4, 0.5) is 0 Å². The zero-order valence-corrected chi connectivity index (χ0v) is 16.2. The van der Waals surface area contributed by atoms with E-state index in [1.807, 2.05) is 43.3 Å². The van der Waals surface area contributed by atoms with Gasteiger partial charge < -0.3 is 15.4 Å². The summed E-state index contributed by atoms with van der Waals surface area (Å²) in [6.45, 7) is 5.43. The van der Waals surface area contributed by atoms with E-state index in [-0.39, 0.29) is 24.5 Å². The van der Waals surface area contributed by atoms with Crippen LogP contribution in [0.5, 0.6) is 0 Å². The molecule has 2 N–H and O–H groups in total. The summed E-state index contributed by atoms with van der Waals surface area (Å²) < 4.78 is 5.76. The third-order valence-electron chi connectivity index (χ3n) is 4.80. The second-order valence-electron chi connectivity index (χ2n) is 7.02. The van der Waals surface area contributed by atoms with Gasteiger partial charge in [-0.3, -0.25) is 14.5 Å². The molecule has 0 radical (unpaired) electrons. The Morgan fingerprint density at radius 3 is 2.61 bits per heavy atom. The third-order valence-corrected chi connectivity index (χ3v) is 4.80. The van der Waals surface area contributed by atoms with Crippen LogP contribution in [0.3, 0.4) is 0 Å². The lowest BCUT2D eigenvalue weighted by Crippen LogP contribution is -2.48. The van der Waals surface area contributed by atoms with E-state index in [1.54, 1.807) is 6.07 Å². The van der Waals surface area contributed by atoms with E-state index in [9.17, 15) is 9.59 Å². The first kappa shape index (κ1) is 20.0. The van der Waals surface area contributed by atoms with Crippen LogP contribution >= 0.6 is 0 Å². The molecule has 0 aliphatic carbocycles. The highest BCUT2D eigenvalue weighted by atomic mass is 16.5. The van der Waals surface area contributed by atoms with Crippen LogP contribution in [0, 0.1) is 6.92 Å². The molecule has 1 heterocycles. The minimum absolute atomic E-state index is 0.0477. The summed E-state index contributed by atoms with van der Waals surface area (Å²) in [6.07, 6.45) is -0.0477. The zero-order chi connectivity index (χ0) is 19.8. The highest BCUT2D eigenvalue weighted by Gasteiger charge is 2.21. The topological polar surface area (TPSA) is 70.7 Å². The van der Waals surface area contributed by atoms with Crippen molar-refractivity contribution in [1.29, 1.82) is 0 Å². The maximum atomic E-state index is 12.2. The van der Waals surface area contributed by atoms with Crippen molar-refractivity contribution in [2.75, 3.05) is 32.8 Å². The standard InChI is InChI=1S/C22H27N3O3/c1-17-7-5-6-10-20(17)22(27)24-14-21(26)23-13-19-16-25(11-12-28-19)15-18-8-3-2-4-9-18/h2-10,19H,11-16H2,1H3,(H,23,26)(H,24,27). The monoisotopic (exact) mass is 381 g/mol. The molecule has 0 spiro atoms. The number of amides is 2. The summed E-state index contributed by atoms with van der Waals surface area (Å²) in [4.78, 5) is 26.6. The smallest absolute Gasteiger partial charge is 0.251 e. The molecule has 2 aromatic rings. The lowest BCUT2D eigenvalue weighted by molar-refractivity contribution is -0.121. The van der Waals surface area contributed by atoms with Gasteiger partial charge >= 0.3 is 0 Å². The molecule has 1 atom stereocenters. The molecule has 2 aromatic carbocycles. The minimum atomic E-state index is -0.240. The summed E-state index contributed by atoms with van der Waals surface area (Å²) in [7, 11) is 0. The van der Waals surface area contributed by atoms with Crippen LogP contribution in [0.1, 0.15) is 21.5 Å². The average molecular weight is 381 g/mol. The van der Waals surface area contributed by atoms with Crippen molar-refractivity contribution in [2.45, 2.75) is 19.6 Å². The summed E-state index contributed by atoms with van der Waals surface area (Å²) in [5.41, 5.74) is 2.74. The molecule has 0 bridgehead atoms. The Kier molecular flexibility index (Phi) is 7.17. The van der Waals surface area contributed by atoms with Crippen molar-refractivity contribution in [3.8, 4) is 0 Å². The predicted molar refractivity (Wildman–Crippen MR) is 108 cm³/mol. The molecule has 0 aromatic heterocycles. The maximum Gasteiger partial charge on any atom is 0.251 e. The van der Waals surface area contributed by atoms with Crippen LogP contribution in [-0.2, 0) is 16.1 Å². The van der Waals surface area contributed by atoms with Crippen molar-refractivity contribution in [3.63, 3.8) is 0 Å². The van der Waals surface area contributed by atoms with Crippen molar-refractivity contribution < 1.29 is 14.3 Å². The normalized spacial score (nSPS) is 17.1. The Morgan fingerprint density at radius 2 is 1.82 bits per heavy atom. The van der Waals surface area contributed by atoms with Crippen LogP contribution in [0.25, 0.3) is 0 Å². The van der Waals surface area contributed by atoms with Gasteiger partial charge in [-0.25, -0.2) is 0 Å². The second kappa shape index (κ2) is 10.0. The number of carbonyl (C=O) groups is 2. The van der Waals surface area contributed by atoms with E-state index in [0.717, 1.165) is 25.2 Å². The fourth-order valence-corrected chi connectivity index (χ4v) is 3.26. The summed E-state index contributed by atoms with van der Waals surface area (Å²) in [6, 6.07) is 17.6. The van der Waals surface area contributed by atoms with Gasteiger partial charge in [-0.2, -0.15) is 0 Å². The van der Waals surface area contributed by atoms with Crippen LogP contribution in [0.2, 0.25) is 0 Å². The molecular formula is C22H27N3O3. The largest absolute Gasteiger partial charge is 0.374 e. The van der Waals surface area contributed by atoms with Gasteiger partial charge in [0.15, 0.2) is 0 Å². The van der Waals surface area contributed by atoms with E-state index in [1.165, 1.54) is 5.56 Å². The molecule has 1 aliphatic heterocycles. The van der Waals surface area contributed by atoms with E-state index >= 15 is 0 Å². The summed E-state index contributed by atoms with van der Waals surface area (Å²) in [5, 5.41) is 5.52. The fraction of sp³-hybridized carbons (Fsp3) is 0.364. The lowest BCUT2D eigenvalue weighted by atomic mass is 10.1. The number of rotatable bonds is 7. The fourth-order valence-electron chi connectivity index (χ4n) is 3.26. The van der Waals surface area contributed by atoms with E-state index in [0.29, 0.717) is 18.7 Å². The van der Waals surface area contributed by atoms with Crippen molar-refractivity contribution in [3.05, 3.63) is 71.3 Å². The Bertz CT molecular complexity index is 795. The van der Waals surface area contributed by atoms with E-state index in [2.05, 4.69) is 27.7 Å². The van der Waals surface area contributed by atoms with E-state index < -0.39 is 0 Å². The Hall–Kier alpha value is -2.70. The van der Waals surface area contributed by atoms with Crippen LogP contribution < -0.4 is 10.6 Å². The van der Waals surface area contributed by atoms with Gasteiger partial charge in [-0.1, -0.05) is 48.5 Å². The predicted octanol–water partition coefficient (Wildman–Crippen LogP) is 1.74.